The van der Waals surface area contributed by atoms with E-state index in [-0.39, 0.29) is 11.7 Å². The molecule has 0 saturated heterocycles. The Morgan fingerprint density at radius 2 is 1.71 bits per heavy atom. The zero-order chi connectivity index (χ0) is 22.2. The van der Waals surface area contributed by atoms with Crippen LogP contribution in [0.15, 0.2) is 71.6 Å². The van der Waals surface area contributed by atoms with E-state index in [1.54, 1.807) is 25.3 Å². The third kappa shape index (κ3) is 7.04. The van der Waals surface area contributed by atoms with Gasteiger partial charge in [0.15, 0.2) is 5.11 Å². The highest BCUT2D eigenvalue weighted by molar-refractivity contribution is 8.00. The molecule has 5 nitrogen and oxygen atoms in total. The van der Waals surface area contributed by atoms with Crippen molar-refractivity contribution in [1.29, 1.82) is 0 Å². The van der Waals surface area contributed by atoms with Crippen LogP contribution in [0, 0.1) is 0 Å². The second-order valence-corrected chi connectivity index (χ2v) is 8.54. The van der Waals surface area contributed by atoms with Crippen LogP contribution in [-0.4, -0.2) is 23.9 Å². The Bertz CT molecular complexity index is 1100. The van der Waals surface area contributed by atoms with Crippen LogP contribution in [0.25, 0.3) is 0 Å². The normalized spacial score (nSPS) is 10.3. The van der Waals surface area contributed by atoms with E-state index in [1.807, 2.05) is 48.5 Å². The summed E-state index contributed by atoms with van der Waals surface area (Å²) in [6, 6.07) is 20.1. The van der Waals surface area contributed by atoms with Gasteiger partial charge < -0.3 is 20.7 Å². The first-order valence-electron chi connectivity index (χ1n) is 9.13. The third-order valence-electron chi connectivity index (χ3n) is 4.02. The number of nitrogens with one attached hydrogen (secondary N) is 3. The van der Waals surface area contributed by atoms with Crippen molar-refractivity contribution >= 4 is 75.3 Å². The van der Waals surface area contributed by atoms with Gasteiger partial charge in [0.2, 0.25) is 5.91 Å². The minimum absolute atomic E-state index is 0.143. The van der Waals surface area contributed by atoms with E-state index in [0.717, 1.165) is 16.3 Å². The summed E-state index contributed by atoms with van der Waals surface area (Å²) in [5.74, 6) is 0.798. The summed E-state index contributed by atoms with van der Waals surface area (Å²) in [4.78, 5) is 13.2. The van der Waals surface area contributed by atoms with Gasteiger partial charge in [0.25, 0.3) is 0 Å². The maximum Gasteiger partial charge on any atom is 0.234 e. The highest BCUT2D eigenvalue weighted by atomic mass is 35.5. The lowest BCUT2D eigenvalue weighted by molar-refractivity contribution is -0.113. The number of ether oxygens (including phenoxy) is 1. The largest absolute Gasteiger partial charge is 0.495 e. The van der Waals surface area contributed by atoms with E-state index in [2.05, 4.69) is 16.0 Å². The van der Waals surface area contributed by atoms with Gasteiger partial charge in [-0.05, 0) is 60.7 Å². The fourth-order valence-corrected chi connectivity index (χ4v) is 3.90. The molecule has 160 valence electrons. The zero-order valence-electron chi connectivity index (χ0n) is 16.4. The Hall–Kier alpha value is -2.45. The van der Waals surface area contributed by atoms with Crippen LogP contribution >= 0.6 is 47.2 Å². The number of amides is 1. The van der Waals surface area contributed by atoms with E-state index in [1.165, 1.54) is 11.8 Å². The minimum Gasteiger partial charge on any atom is -0.495 e. The van der Waals surface area contributed by atoms with E-state index in [9.17, 15) is 4.79 Å². The molecule has 0 aromatic heterocycles. The first-order chi connectivity index (χ1) is 14.9. The van der Waals surface area contributed by atoms with Gasteiger partial charge in [-0.2, -0.15) is 0 Å². The molecule has 9 heteroatoms. The Labute approximate surface area is 200 Å². The summed E-state index contributed by atoms with van der Waals surface area (Å²) in [7, 11) is 1.61. The third-order valence-corrected chi connectivity index (χ3v) is 5.96. The van der Waals surface area contributed by atoms with Gasteiger partial charge in [-0.3, -0.25) is 4.79 Å². The average molecular weight is 492 g/mol. The fourth-order valence-electron chi connectivity index (χ4n) is 2.62. The summed E-state index contributed by atoms with van der Waals surface area (Å²) < 4.78 is 5.32. The highest BCUT2D eigenvalue weighted by Gasteiger charge is 2.08. The number of hydrogen-bond donors (Lipinski definition) is 3. The van der Waals surface area contributed by atoms with Crippen LogP contribution in [0.4, 0.5) is 17.1 Å². The van der Waals surface area contributed by atoms with Crippen LogP contribution in [0.1, 0.15) is 0 Å². The van der Waals surface area contributed by atoms with Crippen molar-refractivity contribution in [1.82, 2.24) is 0 Å². The predicted molar refractivity (Wildman–Crippen MR) is 135 cm³/mol. The molecule has 3 aromatic rings. The molecule has 0 saturated carbocycles. The molecule has 0 atom stereocenters. The number of hydrogen-bond acceptors (Lipinski definition) is 4. The number of methoxy groups -OCH3 is 1. The van der Waals surface area contributed by atoms with Crippen LogP contribution in [-0.2, 0) is 4.79 Å². The van der Waals surface area contributed by atoms with Crippen LogP contribution < -0.4 is 20.7 Å². The van der Waals surface area contributed by atoms with Gasteiger partial charge in [-0.15, -0.1) is 11.8 Å². The van der Waals surface area contributed by atoms with Crippen LogP contribution in [0.2, 0.25) is 10.0 Å². The van der Waals surface area contributed by atoms with Crippen LogP contribution in [0.3, 0.4) is 0 Å². The molecule has 0 bridgehead atoms. The summed E-state index contributed by atoms with van der Waals surface area (Å²) >= 11 is 18.7. The van der Waals surface area contributed by atoms with Crippen molar-refractivity contribution in [3.05, 3.63) is 76.8 Å². The lowest BCUT2D eigenvalue weighted by Gasteiger charge is -2.14. The maximum atomic E-state index is 12.2. The minimum atomic E-state index is -0.143. The molecular weight excluding hydrogens is 473 g/mol. The SMILES string of the molecule is COc1ccccc1NC(=S)Nc1cccc(SCC(=O)Nc2ccc(Cl)c(Cl)c2)c1. The molecule has 3 rings (SSSR count). The number of carbonyl (C=O) groups excluding carboxylic acids is 1. The second kappa shape index (κ2) is 11.2. The Balaban J connectivity index is 1.54. The van der Waals surface area contributed by atoms with E-state index < -0.39 is 0 Å². The molecule has 0 radical (unpaired) electrons. The highest BCUT2D eigenvalue weighted by Crippen LogP contribution is 2.27. The molecule has 0 spiro atoms. The number of rotatable bonds is 7. The van der Waals surface area contributed by atoms with E-state index >= 15 is 0 Å². The Morgan fingerprint density at radius 1 is 0.935 bits per heavy atom. The quantitative estimate of drug-likeness (QED) is 0.257. The number of para-hydroxylation sites is 2. The standard InChI is InChI=1S/C22H19Cl2N3O2S2/c1-29-20-8-3-2-7-19(20)27-22(30)26-14-5-4-6-16(11-14)31-13-21(28)25-15-9-10-17(23)18(24)12-15/h2-12H,13H2,1H3,(H,25,28)(H2,26,27,30). The molecule has 0 aliphatic carbocycles. The van der Waals surface area contributed by atoms with Gasteiger partial charge in [0.05, 0.1) is 28.6 Å². The van der Waals surface area contributed by atoms with Crippen molar-refractivity contribution in [3.8, 4) is 5.75 Å². The number of thioether (sulfide) groups is 1. The number of halogens is 2. The fraction of sp³-hybridized carbons (Fsp3) is 0.0909. The maximum absolute atomic E-state index is 12.2. The van der Waals surface area contributed by atoms with E-state index in [4.69, 9.17) is 40.2 Å². The Kier molecular flexibility index (Phi) is 8.43. The molecule has 0 fully saturated rings. The molecule has 0 heterocycles. The smallest absolute Gasteiger partial charge is 0.234 e. The summed E-state index contributed by atoms with van der Waals surface area (Å²) in [6.45, 7) is 0. The molecule has 0 aliphatic rings. The van der Waals surface area contributed by atoms with Gasteiger partial charge in [0, 0.05) is 16.3 Å². The number of thiocarbonyl (C=S) groups is 1. The van der Waals surface area contributed by atoms with Gasteiger partial charge in [0.1, 0.15) is 5.75 Å². The van der Waals surface area contributed by atoms with Crippen molar-refractivity contribution in [3.63, 3.8) is 0 Å². The average Bonchev–Trinajstić information content (AvgIpc) is 2.75. The van der Waals surface area contributed by atoms with Crippen molar-refractivity contribution < 1.29 is 9.53 Å². The predicted octanol–water partition coefficient (Wildman–Crippen LogP) is 6.54. The molecule has 0 aliphatic heterocycles. The lowest BCUT2D eigenvalue weighted by Crippen LogP contribution is -2.19. The first-order valence-corrected chi connectivity index (χ1v) is 11.3. The Morgan fingerprint density at radius 3 is 2.48 bits per heavy atom. The zero-order valence-corrected chi connectivity index (χ0v) is 19.6. The van der Waals surface area contributed by atoms with Crippen molar-refractivity contribution in [2.75, 3.05) is 28.8 Å². The second-order valence-electron chi connectivity index (χ2n) is 6.27. The van der Waals surface area contributed by atoms with Crippen molar-refractivity contribution in [2.24, 2.45) is 0 Å². The van der Waals surface area contributed by atoms with Gasteiger partial charge in [-0.1, -0.05) is 41.4 Å². The molecule has 3 aromatic carbocycles. The summed E-state index contributed by atoms with van der Waals surface area (Å²) in [6.07, 6.45) is 0. The first kappa shape index (κ1) is 23.2. The number of benzene rings is 3. The van der Waals surface area contributed by atoms with Crippen molar-refractivity contribution in [2.45, 2.75) is 4.90 Å². The topological polar surface area (TPSA) is 62.4 Å². The lowest BCUT2D eigenvalue weighted by atomic mass is 10.3. The van der Waals surface area contributed by atoms with Gasteiger partial charge >= 0.3 is 0 Å². The number of carbonyl (C=O) groups is 1. The summed E-state index contributed by atoms with van der Waals surface area (Å²) in [5.41, 5.74) is 2.18. The molecule has 0 unspecified atom stereocenters. The molecular formula is C22H19Cl2N3O2S2. The van der Waals surface area contributed by atoms with E-state index in [0.29, 0.717) is 26.6 Å². The van der Waals surface area contributed by atoms with Gasteiger partial charge in [-0.25, -0.2) is 0 Å². The summed E-state index contributed by atoms with van der Waals surface area (Å²) in [5, 5.41) is 10.3. The van der Waals surface area contributed by atoms with Crippen LogP contribution in [0.5, 0.6) is 5.75 Å². The molecule has 31 heavy (non-hydrogen) atoms. The molecule has 3 N–H and O–H groups in total. The monoisotopic (exact) mass is 491 g/mol. The number of anilines is 3. The molecule has 1 amide bonds.